The Kier molecular flexibility index (Phi) is 6.88. The fourth-order valence-electron chi connectivity index (χ4n) is 3.95. The number of hydrogen-bond donors (Lipinski definition) is 1. The van der Waals surface area contributed by atoms with Crippen LogP contribution in [0, 0.1) is 0 Å². The zero-order valence-corrected chi connectivity index (χ0v) is 16.4. The molecule has 4 heteroatoms. The van der Waals surface area contributed by atoms with Gasteiger partial charge in [0.1, 0.15) is 5.75 Å². The fourth-order valence-corrected chi connectivity index (χ4v) is 3.95. The molecule has 0 heterocycles. The Morgan fingerprint density at radius 1 is 1.07 bits per heavy atom. The molecular weight excluding hydrogens is 336 g/mol. The summed E-state index contributed by atoms with van der Waals surface area (Å²) in [5.41, 5.74) is 3.40. The molecule has 4 nitrogen and oxygen atoms in total. The second kappa shape index (κ2) is 9.56. The number of nitrogens with zero attached hydrogens (tertiary/aromatic N) is 1. The highest BCUT2D eigenvalue weighted by Crippen LogP contribution is 2.30. The first-order chi connectivity index (χ1) is 13.2. The Labute approximate surface area is 162 Å². The van der Waals surface area contributed by atoms with E-state index in [0.29, 0.717) is 25.2 Å². The normalized spacial score (nSPS) is 19.5. The van der Waals surface area contributed by atoms with Crippen LogP contribution in [0.2, 0.25) is 0 Å². The maximum Gasteiger partial charge on any atom is 0.210 e. The smallest absolute Gasteiger partial charge is 0.210 e. The van der Waals surface area contributed by atoms with E-state index < -0.39 is 0 Å². The van der Waals surface area contributed by atoms with E-state index in [1.54, 1.807) is 0 Å². The SMILES string of the molecule is CCOc1ccc(-c2ccccc2)cc1CN(C=O)[C@H]1CC[C@H](NC)CC1. The lowest BCUT2D eigenvalue weighted by Crippen LogP contribution is -2.40. The maximum atomic E-state index is 11.9. The van der Waals surface area contributed by atoms with E-state index in [1.165, 1.54) is 5.56 Å². The summed E-state index contributed by atoms with van der Waals surface area (Å²) < 4.78 is 5.84. The zero-order valence-electron chi connectivity index (χ0n) is 16.4. The van der Waals surface area contributed by atoms with E-state index in [-0.39, 0.29) is 0 Å². The minimum Gasteiger partial charge on any atom is -0.494 e. The monoisotopic (exact) mass is 366 g/mol. The van der Waals surface area contributed by atoms with Crippen molar-refractivity contribution < 1.29 is 9.53 Å². The summed E-state index contributed by atoms with van der Waals surface area (Å²) in [7, 11) is 2.02. The summed E-state index contributed by atoms with van der Waals surface area (Å²) >= 11 is 0. The Morgan fingerprint density at radius 2 is 1.81 bits per heavy atom. The number of rotatable bonds is 8. The molecule has 1 aliphatic carbocycles. The van der Waals surface area contributed by atoms with E-state index >= 15 is 0 Å². The molecule has 1 saturated carbocycles. The summed E-state index contributed by atoms with van der Waals surface area (Å²) in [4.78, 5) is 13.8. The predicted molar refractivity (Wildman–Crippen MR) is 110 cm³/mol. The molecule has 1 aliphatic rings. The number of carbonyl (C=O) groups is 1. The van der Waals surface area contributed by atoms with Gasteiger partial charge < -0.3 is 15.0 Å². The third-order valence-electron chi connectivity index (χ3n) is 5.53. The standard InChI is InChI=1S/C23H30N2O2/c1-3-27-23-14-9-19(18-7-5-4-6-8-18)15-20(23)16-25(17-26)22-12-10-21(24-2)11-13-22/h4-9,14-15,17,21-22,24H,3,10-13,16H2,1-2H3/t21-,22-. The Morgan fingerprint density at radius 3 is 2.44 bits per heavy atom. The van der Waals surface area contributed by atoms with Gasteiger partial charge in [-0.2, -0.15) is 0 Å². The molecule has 2 aromatic carbocycles. The van der Waals surface area contributed by atoms with Crippen LogP contribution in [0.4, 0.5) is 0 Å². The van der Waals surface area contributed by atoms with Gasteiger partial charge in [-0.3, -0.25) is 4.79 Å². The zero-order chi connectivity index (χ0) is 19.1. The molecular formula is C23H30N2O2. The highest BCUT2D eigenvalue weighted by atomic mass is 16.5. The lowest BCUT2D eigenvalue weighted by atomic mass is 9.90. The van der Waals surface area contributed by atoms with Crippen LogP contribution in [0.3, 0.4) is 0 Å². The van der Waals surface area contributed by atoms with Crippen molar-refractivity contribution in [1.82, 2.24) is 10.2 Å². The molecule has 0 spiro atoms. The van der Waals surface area contributed by atoms with Gasteiger partial charge in [0.15, 0.2) is 0 Å². The second-order valence-electron chi connectivity index (χ2n) is 7.19. The summed E-state index contributed by atoms with van der Waals surface area (Å²) in [6.45, 7) is 3.20. The van der Waals surface area contributed by atoms with Gasteiger partial charge in [-0.05, 0) is 62.9 Å². The number of ether oxygens (including phenoxy) is 1. The van der Waals surface area contributed by atoms with Crippen LogP contribution in [-0.4, -0.2) is 37.0 Å². The lowest BCUT2D eigenvalue weighted by Gasteiger charge is -2.35. The van der Waals surface area contributed by atoms with E-state index in [9.17, 15) is 4.79 Å². The molecule has 0 bridgehead atoms. The summed E-state index contributed by atoms with van der Waals surface area (Å²) in [6.07, 6.45) is 5.34. The van der Waals surface area contributed by atoms with E-state index in [0.717, 1.165) is 49.0 Å². The molecule has 1 amide bonds. The quantitative estimate of drug-likeness (QED) is 0.711. The maximum absolute atomic E-state index is 11.9. The second-order valence-corrected chi connectivity index (χ2v) is 7.19. The Balaban J connectivity index is 1.81. The summed E-state index contributed by atoms with van der Waals surface area (Å²) in [5.74, 6) is 0.868. The van der Waals surface area contributed by atoms with Gasteiger partial charge in [0.05, 0.1) is 6.61 Å². The van der Waals surface area contributed by atoms with Crippen molar-refractivity contribution in [3.8, 4) is 16.9 Å². The van der Waals surface area contributed by atoms with Crippen LogP contribution in [0.25, 0.3) is 11.1 Å². The van der Waals surface area contributed by atoms with Crippen LogP contribution in [0.15, 0.2) is 48.5 Å². The van der Waals surface area contributed by atoms with Crippen molar-refractivity contribution in [1.29, 1.82) is 0 Å². The van der Waals surface area contributed by atoms with Gasteiger partial charge in [0.2, 0.25) is 6.41 Å². The van der Waals surface area contributed by atoms with Crippen molar-refractivity contribution in [3.05, 3.63) is 54.1 Å². The first-order valence-corrected chi connectivity index (χ1v) is 9.94. The van der Waals surface area contributed by atoms with Gasteiger partial charge in [-0.25, -0.2) is 0 Å². The molecule has 1 fully saturated rings. The number of nitrogens with one attached hydrogen (secondary N) is 1. The van der Waals surface area contributed by atoms with E-state index in [2.05, 4.69) is 29.6 Å². The van der Waals surface area contributed by atoms with Crippen LogP contribution in [0.5, 0.6) is 5.75 Å². The van der Waals surface area contributed by atoms with Gasteiger partial charge in [-0.15, -0.1) is 0 Å². The summed E-state index contributed by atoms with van der Waals surface area (Å²) in [5, 5.41) is 3.36. The number of amides is 1. The molecule has 0 atom stereocenters. The molecule has 0 saturated heterocycles. The first-order valence-electron chi connectivity index (χ1n) is 9.94. The number of carbonyl (C=O) groups excluding carboxylic acids is 1. The minimum atomic E-state index is 0.307. The van der Waals surface area contributed by atoms with Crippen molar-refractivity contribution >= 4 is 6.41 Å². The minimum absolute atomic E-state index is 0.307. The topological polar surface area (TPSA) is 41.6 Å². The van der Waals surface area contributed by atoms with Crippen molar-refractivity contribution in [2.45, 2.75) is 51.2 Å². The average molecular weight is 367 g/mol. The third-order valence-corrected chi connectivity index (χ3v) is 5.53. The molecule has 144 valence electrons. The van der Waals surface area contributed by atoms with Crippen LogP contribution < -0.4 is 10.1 Å². The fraction of sp³-hybridized carbons (Fsp3) is 0.435. The average Bonchev–Trinajstić information content (AvgIpc) is 2.74. The Hall–Kier alpha value is -2.33. The van der Waals surface area contributed by atoms with Gasteiger partial charge in [-0.1, -0.05) is 36.4 Å². The molecule has 0 unspecified atom stereocenters. The van der Waals surface area contributed by atoms with Crippen LogP contribution >= 0.6 is 0 Å². The van der Waals surface area contributed by atoms with Gasteiger partial charge in [0.25, 0.3) is 0 Å². The molecule has 0 aliphatic heterocycles. The van der Waals surface area contributed by atoms with Crippen molar-refractivity contribution in [2.75, 3.05) is 13.7 Å². The summed E-state index contributed by atoms with van der Waals surface area (Å²) in [6, 6.07) is 17.5. The van der Waals surface area contributed by atoms with E-state index in [1.807, 2.05) is 43.1 Å². The largest absolute Gasteiger partial charge is 0.494 e. The molecule has 0 aromatic heterocycles. The lowest BCUT2D eigenvalue weighted by molar-refractivity contribution is -0.121. The Bertz CT molecular complexity index is 724. The van der Waals surface area contributed by atoms with Crippen LogP contribution in [0.1, 0.15) is 38.2 Å². The van der Waals surface area contributed by atoms with Gasteiger partial charge in [0, 0.05) is 24.2 Å². The highest BCUT2D eigenvalue weighted by Gasteiger charge is 2.25. The van der Waals surface area contributed by atoms with Crippen molar-refractivity contribution in [2.24, 2.45) is 0 Å². The highest BCUT2D eigenvalue weighted by molar-refractivity contribution is 5.66. The number of hydrogen-bond acceptors (Lipinski definition) is 3. The third kappa shape index (κ3) is 4.89. The van der Waals surface area contributed by atoms with Gasteiger partial charge >= 0.3 is 0 Å². The molecule has 2 aromatic rings. The van der Waals surface area contributed by atoms with Crippen LogP contribution in [-0.2, 0) is 11.3 Å². The number of benzene rings is 2. The first kappa shape index (κ1) is 19.4. The molecule has 27 heavy (non-hydrogen) atoms. The van der Waals surface area contributed by atoms with Crippen molar-refractivity contribution in [3.63, 3.8) is 0 Å². The molecule has 3 rings (SSSR count). The van der Waals surface area contributed by atoms with E-state index in [4.69, 9.17) is 4.74 Å². The predicted octanol–water partition coefficient (Wildman–Crippen LogP) is 4.24. The molecule has 0 radical (unpaired) electrons. The molecule has 1 N–H and O–H groups in total.